The van der Waals surface area contributed by atoms with Crippen LogP contribution in [-0.2, 0) is 9.47 Å². The van der Waals surface area contributed by atoms with Gasteiger partial charge in [-0.05, 0) is 57.5 Å². The second kappa shape index (κ2) is 9.76. The van der Waals surface area contributed by atoms with Gasteiger partial charge in [0.2, 0.25) is 0 Å². The lowest BCUT2D eigenvalue weighted by molar-refractivity contribution is 0.0473. The Morgan fingerprint density at radius 1 is 1.00 bits per heavy atom. The molecule has 0 N–H and O–H groups in total. The maximum atomic E-state index is 13.2. The molecule has 9 heteroatoms. The van der Waals surface area contributed by atoms with E-state index in [0.29, 0.717) is 11.1 Å². The first kappa shape index (κ1) is 24.2. The number of carbonyl (C=O) groups excluding carboxylic acids is 2. The summed E-state index contributed by atoms with van der Waals surface area (Å²) < 4.78 is 17.3. The summed E-state index contributed by atoms with van der Waals surface area (Å²) in [5.74, 6) is -1.64. The number of hydrogen-bond acceptors (Lipinski definition) is 7. The smallest absolute Gasteiger partial charge is 0.357 e. The SMILES string of the molecule is CCOC(=O)c1c(-c2c(Cl)c3cc(C)ccc3oc2=O)nn(-c2cccc(C)c2)c1C(=O)OCC. The lowest BCUT2D eigenvalue weighted by atomic mass is 10.0. The first-order chi connectivity index (χ1) is 16.8. The molecule has 0 atom stereocenters. The van der Waals surface area contributed by atoms with E-state index < -0.39 is 17.6 Å². The fourth-order valence-corrected chi connectivity index (χ4v) is 4.12. The van der Waals surface area contributed by atoms with E-state index in [1.165, 1.54) is 4.68 Å². The summed E-state index contributed by atoms with van der Waals surface area (Å²) in [4.78, 5) is 39.4. The van der Waals surface area contributed by atoms with E-state index in [1.54, 1.807) is 50.2 Å². The molecule has 180 valence electrons. The number of benzene rings is 2. The first-order valence-electron chi connectivity index (χ1n) is 11.0. The molecule has 0 saturated carbocycles. The Bertz CT molecular complexity index is 1520. The highest BCUT2D eigenvalue weighted by Gasteiger charge is 2.34. The van der Waals surface area contributed by atoms with Crippen LogP contribution in [0.5, 0.6) is 0 Å². The third-order valence-electron chi connectivity index (χ3n) is 5.31. The number of nitrogens with zero attached hydrogens (tertiary/aromatic N) is 2. The summed E-state index contributed by atoms with van der Waals surface area (Å²) in [6.45, 7) is 7.13. The minimum absolute atomic E-state index is 0.0371. The molecule has 2 aromatic carbocycles. The van der Waals surface area contributed by atoms with Gasteiger partial charge < -0.3 is 13.9 Å². The van der Waals surface area contributed by atoms with Gasteiger partial charge >= 0.3 is 17.6 Å². The molecule has 4 aromatic rings. The Kier molecular flexibility index (Phi) is 6.75. The third kappa shape index (κ3) is 4.44. The highest BCUT2D eigenvalue weighted by Crippen LogP contribution is 2.35. The molecule has 2 heterocycles. The Labute approximate surface area is 206 Å². The van der Waals surface area contributed by atoms with Gasteiger partial charge in [-0.2, -0.15) is 5.10 Å². The number of hydrogen-bond donors (Lipinski definition) is 0. The monoisotopic (exact) mass is 494 g/mol. The standard InChI is InChI=1S/C26H23ClN2O6/c1-5-33-24(30)20-22(19-21(27)17-13-15(4)10-11-18(17)35-25(19)31)28-29(23(20)26(32)34-6-2)16-9-7-8-14(3)12-16/h7-13H,5-6H2,1-4H3. The average molecular weight is 495 g/mol. The van der Waals surface area contributed by atoms with Crippen LogP contribution in [-0.4, -0.2) is 34.9 Å². The predicted molar refractivity (Wildman–Crippen MR) is 131 cm³/mol. The van der Waals surface area contributed by atoms with Crippen molar-refractivity contribution in [1.82, 2.24) is 9.78 Å². The Balaban J connectivity index is 2.13. The second-order valence-electron chi connectivity index (χ2n) is 7.84. The fraction of sp³-hybridized carbons (Fsp3) is 0.231. The van der Waals surface area contributed by atoms with Gasteiger partial charge in [0.05, 0.1) is 23.9 Å². The van der Waals surface area contributed by atoms with Crippen molar-refractivity contribution in [3.63, 3.8) is 0 Å². The van der Waals surface area contributed by atoms with Crippen LogP contribution in [0.4, 0.5) is 0 Å². The number of esters is 2. The number of carbonyl (C=O) groups is 2. The number of rotatable bonds is 6. The van der Waals surface area contributed by atoms with E-state index in [1.807, 2.05) is 19.9 Å². The molecule has 0 unspecified atom stereocenters. The van der Waals surface area contributed by atoms with E-state index in [4.69, 9.17) is 25.5 Å². The maximum Gasteiger partial charge on any atom is 0.357 e. The quantitative estimate of drug-likeness (QED) is 0.266. The summed E-state index contributed by atoms with van der Waals surface area (Å²) in [7, 11) is 0. The van der Waals surface area contributed by atoms with Crippen LogP contribution in [0.2, 0.25) is 5.02 Å². The predicted octanol–water partition coefficient (Wildman–Crippen LogP) is 5.27. The van der Waals surface area contributed by atoms with Gasteiger partial charge in [-0.25, -0.2) is 19.1 Å². The topological polar surface area (TPSA) is 101 Å². The van der Waals surface area contributed by atoms with Crippen LogP contribution in [0.25, 0.3) is 27.9 Å². The molecule has 0 aliphatic rings. The minimum Gasteiger partial charge on any atom is -0.462 e. The Morgan fingerprint density at radius 3 is 2.37 bits per heavy atom. The van der Waals surface area contributed by atoms with E-state index in [0.717, 1.165) is 11.1 Å². The van der Waals surface area contributed by atoms with Crippen LogP contribution in [0.1, 0.15) is 45.8 Å². The van der Waals surface area contributed by atoms with Gasteiger partial charge in [-0.1, -0.05) is 35.4 Å². The molecular weight excluding hydrogens is 472 g/mol. The van der Waals surface area contributed by atoms with Crippen molar-refractivity contribution >= 4 is 34.5 Å². The average Bonchev–Trinajstić information content (AvgIpc) is 3.20. The van der Waals surface area contributed by atoms with Crippen molar-refractivity contribution < 1.29 is 23.5 Å². The Hall–Kier alpha value is -3.91. The molecule has 0 fully saturated rings. The van der Waals surface area contributed by atoms with Crippen LogP contribution < -0.4 is 5.63 Å². The van der Waals surface area contributed by atoms with E-state index in [9.17, 15) is 14.4 Å². The number of aromatic nitrogens is 2. The lowest BCUT2D eigenvalue weighted by Gasteiger charge is -2.09. The zero-order valence-electron chi connectivity index (χ0n) is 19.7. The van der Waals surface area contributed by atoms with Crippen LogP contribution >= 0.6 is 11.6 Å². The maximum absolute atomic E-state index is 13.2. The number of fused-ring (bicyclic) bond motifs is 1. The second-order valence-corrected chi connectivity index (χ2v) is 8.22. The molecular formula is C26H23ClN2O6. The summed E-state index contributed by atoms with van der Waals surface area (Å²) >= 11 is 6.70. The normalized spacial score (nSPS) is 11.0. The van der Waals surface area contributed by atoms with Gasteiger partial charge in [0.1, 0.15) is 22.4 Å². The molecule has 0 saturated heterocycles. The molecule has 35 heavy (non-hydrogen) atoms. The summed E-state index contributed by atoms with van der Waals surface area (Å²) in [6.07, 6.45) is 0. The highest BCUT2D eigenvalue weighted by molar-refractivity contribution is 6.38. The number of aryl methyl sites for hydroxylation is 2. The van der Waals surface area contributed by atoms with Crippen LogP contribution in [0.3, 0.4) is 0 Å². The molecule has 8 nitrogen and oxygen atoms in total. The third-order valence-corrected chi connectivity index (χ3v) is 5.71. The zero-order chi connectivity index (χ0) is 25.3. The minimum atomic E-state index is -0.843. The van der Waals surface area contributed by atoms with E-state index in [-0.39, 0.29) is 46.3 Å². The van der Waals surface area contributed by atoms with Crippen molar-refractivity contribution in [2.45, 2.75) is 27.7 Å². The van der Waals surface area contributed by atoms with Gasteiger partial charge in [-0.3, -0.25) is 0 Å². The molecule has 0 bridgehead atoms. The molecule has 0 amide bonds. The molecule has 2 aromatic heterocycles. The summed E-state index contributed by atoms with van der Waals surface area (Å²) in [5, 5.41) is 5.04. The van der Waals surface area contributed by atoms with Crippen molar-refractivity contribution in [3.05, 3.63) is 80.3 Å². The first-order valence-corrected chi connectivity index (χ1v) is 11.4. The summed E-state index contributed by atoms with van der Waals surface area (Å²) in [5.41, 5.74) is 1.07. The zero-order valence-corrected chi connectivity index (χ0v) is 20.4. The van der Waals surface area contributed by atoms with Gasteiger partial charge in [0.15, 0.2) is 5.69 Å². The van der Waals surface area contributed by atoms with Crippen molar-refractivity contribution in [2.24, 2.45) is 0 Å². The highest BCUT2D eigenvalue weighted by atomic mass is 35.5. The summed E-state index contributed by atoms with van der Waals surface area (Å²) in [6, 6.07) is 12.3. The van der Waals surface area contributed by atoms with Crippen LogP contribution in [0, 0.1) is 13.8 Å². The lowest BCUT2D eigenvalue weighted by Crippen LogP contribution is -2.17. The van der Waals surface area contributed by atoms with Crippen molar-refractivity contribution in [3.8, 4) is 16.9 Å². The van der Waals surface area contributed by atoms with Gasteiger partial charge in [-0.15, -0.1) is 0 Å². The Morgan fingerprint density at radius 2 is 1.69 bits per heavy atom. The van der Waals surface area contributed by atoms with E-state index >= 15 is 0 Å². The molecule has 0 aliphatic carbocycles. The van der Waals surface area contributed by atoms with Crippen LogP contribution in [0.15, 0.2) is 51.7 Å². The molecule has 0 radical (unpaired) electrons. The van der Waals surface area contributed by atoms with E-state index in [2.05, 4.69) is 5.10 Å². The molecule has 0 aliphatic heterocycles. The fourth-order valence-electron chi connectivity index (χ4n) is 3.80. The van der Waals surface area contributed by atoms with Gasteiger partial charge in [0, 0.05) is 5.39 Å². The largest absolute Gasteiger partial charge is 0.462 e. The van der Waals surface area contributed by atoms with Gasteiger partial charge in [0.25, 0.3) is 0 Å². The molecule has 4 rings (SSSR count). The molecule has 0 spiro atoms. The number of ether oxygens (including phenoxy) is 2. The number of halogens is 1. The van der Waals surface area contributed by atoms with Crippen molar-refractivity contribution in [2.75, 3.05) is 13.2 Å². The van der Waals surface area contributed by atoms with Crippen molar-refractivity contribution in [1.29, 1.82) is 0 Å².